The van der Waals surface area contributed by atoms with E-state index in [1.165, 1.54) is 4.31 Å². The second-order valence-electron chi connectivity index (χ2n) is 5.17. The number of fused-ring (bicyclic) bond motifs is 1. The van der Waals surface area contributed by atoms with Gasteiger partial charge in [0.1, 0.15) is 0 Å². The highest BCUT2D eigenvalue weighted by Crippen LogP contribution is 2.27. The van der Waals surface area contributed by atoms with Crippen LogP contribution < -0.4 is 5.32 Å². The molecule has 1 N–H and O–H groups in total. The number of sulfonamides is 1. The van der Waals surface area contributed by atoms with Crippen LogP contribution in [0.3, 0.4) is 0 Å². The van der Waals surface area contributed by atoms with E-state index in [0.29, 0.717) is 4.90 Å². The van der Waals surface area contributed by atoms with Gasteiger partial charge in [-0.25, -0.2) is 8.42 Å². The van der Waals surface area contributed by atoms with Crippen LogP contribution in [0.2, 0.25) is 0 Å². The Balaban J connectivity index is 2.29. The highest BCUT2D eigenvalue weighted by Gasteiger charge is 2.26. The Morgan fingerprint density at radius 3 is 2.90 bits per heavy atom. The van der Waals surface area contributed by atoms with Crippen molar-refractivity contribution in [1.82, 2.24) is 4.31 Å². The van der Waals surface area contributed by atoms with E-state index in [4.69, 9.17) is 0 Å². The van der Waals surface area contributed by atoms with Crippen molar-refractivity contribution in [3.8, 4) is 0 Å². The quantitative estimate of drug-likeness (QED) is 0.907. The average molecular weight is 314 g/mol. The molecule has 1 aromatic rings. The largest absolute Gasteiger partial charge is 0.385 e. The van der Waals surface area contributed by atoms with E-state index >= 15 is 0 Å². The van der Waals surface area contributed by atoms with Crippen LogP contribution in [-0.2, 0) is 16.4 Å². The van der Waals surface area contributed by atoms with Crippen LogP contribution in [-0.4, -0.2) is 44.4 Å². The molecular formula is C14H22N2O2S2. The average Bonchev–Trinajstić information content (AvgIpc) is 2.46. The fourth-order valence-electron chi connectivity index (χ4n) is 2.36. The number of thioether (sulfide) groups is 1. The van der Waals surface area contributed by atoms with Gasteiger partial charge in [-0.1, -0.05) is 0 Å². The Bertz CT molecular complexity index is 573. The summed E-state index contributed by atoms with van der Waals surface area (Å²) in [7, 11) is -1.74. The van der Waals surface area contributed by atoms with Crippen molar-refractivity contribution in [2.45, 2.75) is 30.7 Å². The first-order valence-corrected chi connectivity index (χ1v) is 9.64. The van der Waals surface area contributed by atoms with E-state index in [2.05, 4.69) is 5.32 Å². The molecule has 0 fully saturated rings. The van der Waals surface area contributed by atoms with Gasteiger partial charge in [0.15, 0.2) is 0 Å². The summed E-state index contributed by atoms with van der Waals surface area (Å²) in [6.45, 7) is 2.90. The van der Waals surface area contributed by atoms with Crippen LogP contribution in [0.4, 0.5) is 5.69 Å². The molecule has 6 heteroatoms. The van der Waals surface area contributed by atoms with Crippen LogP contribution in [0.15, 0.2) is 23.1 Å². The number of aryl methyl sites for hydroxylation is 1. The maximum atomic E-state index is 12.6. The summed E-state index contributed by atoms with van der Waals surface area (Å²) >= 11 is 1.66. The van der Waals surface area contributed by atoms with Gasteiger partial charge in [-0.15, -0.1) is 0 Å². The lowest BCUT2D eigenvalue weighted by molar-refractivity contribution is 0.415. The molecule has 1 aliphatic rings. The summed E-state index contributed by atoms with van der Waals surface area (Å²) in [6.07, 6.45) is 3.98. The molecule has 0 saturated carbocycles. The second kappa shape index (κ2) is 6.37. The Morgan fingerprint density at radius 2 is 2.20 bits per heavy atom. The molecule has 0 spiro atoms. The molecule has 1 aliphatic heterocycles. The molecular weight excluding hydrogens is 292 g/mol. The van der Waals surface area contributed by atoms with E-state index < -0.39 is 10.0 Å². The summed E-state index contributed by atoms with van der Waals surface area (Å²) in [5.74, 6) is 0.794. The molecule has 0 aliphatic carbocycles. The maximum Gasteiger partial charge on any atom is 0.243 e. The summed E-state index contributed by atoms with van der Waals surface area (Å²) in [5.41, 5.74) is 2.17. The lowest BCUT2D eigenvalue weighted by atomic mass is 10.0. The van der Waals surface area contributed by atoms with Crippen molar-refractivity contribution in [3.05, 3.63) is 23.8 Å². The summed E-state index contributed by atoms with van der Waals surface area (Å²) in [6, 6.07) is 5.40. The van der Waals surface area contributed by atoms with Crippen molar-refractivity contribution in [1.29, 1.82) is 0 Å². The van der Waals surface area contributed by atoms with Gasteiger partial charge < -0.3 is 5.32 Å². The number of nitrogens with one attached hydrogen (secondary N) is 1. The van der Waals surface area contributed by atoms with Crippen LogP contribution >= 0.6 is 11.8 Å². The molecule has 1 unspecified atom stereocenters. The molecule has 2 rings (SSSR count). The van der Waals surface area contributed by atoms with Gasteiger partial charge in [0.05, 0.1) is 4.90 Å². The lowest BCUT2D eigenvalue weighted by Crippen LogP contribution is -2.36. The van der Waals surface area contributed by atoms with Crippen molar-refractivity contribution < 1.29 is 8.42 Å². The van der Waals surface area contributed by atoms with Crippen molar-refractivity contribution in [2.75, 3.05) is 30.9 Å². The third-order valence-electron chi connectivity index (χ3n) is 3.72. The topological polar surface area (TPSA) is 49.4 Å². The third-order valence-corrected chi connectivity index (χ3v) is 6.50. The Labute approximate surface area is 126 Å². The number of nitrogens with zero attached hydrogens (tertiary/aromatic N) is 1. The van der Waals surface area contributed by atoms with E-state index in [0.717, 1.165) is 36.4 Å². The highest BCUT2D eigenvalue weighted by molar-refractivity contribution is 7.98. The molecule has 1 heterocycles. The van der Waals surface area contributed by atoms with Crippen molar-refractivity contribution in [3.63, 3.8) is 0 Å². The van der Waals surface area contributed by atoms with Gasteiger partial charge in [-0.3, -0.25) is 0 Å². The Kier molecular flexibility index (Phi) is 4.99. The fraction of sp³-hybridized carbons (Fsp3) is 0.571. The number of anilines is 1. The smallest absolute Gasteiger partial charge is 0.243 e. The number of benzene rings is 1. The Hall–Kier alpha value is -0.720. The predicted octanol–water partition coefficient (Wildman–Crippen LogP) is 2.42. The van der Waals surface area contributed by atoms with Gasteiger partial charge in [-0.05, 0) is 49.8 Å². The minimum atomic E-state index is -3.40. The normalized spacial score (nSPS) is 16.6. The molecule has 1 aromatic carbocycles. The van der Waals surface area contributed by atoms with Crippen LogP contribution in [0, 0.1) is 0 Å². The molecule has 0 saturated heterocycles. The summed E-state index contributed by atoms with van der Waals surface area (Å²) in [4.78, 5) is 0.399. The van der Waals surface area contributed by atoms with E-state index in [-0.39, 0.29) is 6.04 Å². The van der Waals surface area contributed by atoms with Gasteiger partial charge >= 0.3 is 0 Å². The first kappa shape index (κ1) is 15.7. The minimum absolute atomic E-state index is 0.0100. The molecule has 0 bridgehead atoms. The maximum absolute atomic E-state index is 12.6. The summed E-state index contributed by atoms with van der Waals surface area (Å²) in [5, 5.41) is 3.30. The first-order chi connectivity index (χ1) is 9.46. The Morgan fingerprint density at radius 1 is 1.45 bits per heavy atom. The molecule has 0 radical (unpaired) electrons. The molecule has 0 aromatic heterocycles. The molecule has 0 amide bonds. The summed E-state index contributed by atoms with van der Waals surface area (Å²) < 4.78 is 26.7. The monoisotopic (exact) mass is 314 g/mol. The lowest BCUT2D eigenvalue weighted by Gasteiger charge is -2.25. The molecule has 20 heavy (non-hydrogen) atoms. The first-order valence-electron chi connectivity index (χ1n) is 6.80. The number of hydrogen-bond acceptors (Lipinski definition) is 4. The zero-order valence-corrected chi connectivity index (χ0v) is 13.9. The zero-order valence-electron chi connectivity index (χ0n) is 12.2. The van der Waals surface area contributed by atoms with Crippen LogP contribution in [0.1, 0.15) is 18.9 Å². The van der Waals surface area contributed by atoms with Gasteiger partial charge in [0, 0.05) is 31.1 Å². The van der Waals surface area contributed by atoms with Crippen molar-refractivity contribution >= 4 is 27.5 Å². The molecule has 4 nitrogen and oxygen atoms in total. The van der Waals surface area contributed by atoms with Gasteiger partial charge in [0.25, 0.3) is 0 Å². The standard InChI is InChI=1S/C14H22N2O2S2/c1-11(10-19-3)16(2)20(17,18)13-6-7-14-12(9-13)5-4-8-15-14/h6-7,9,11,15H,4-5,8,10H2,1-3H3. The highest BCUT2D eigenvalue weighted by atomic mass is 32.2. The molecule has 112 valence electrons. The van der Waals surface area contributed by atoms with Gasteiger partial charge in [-0.2, -0.15) is 16.1 Å². The number of hydrogen-bond donors (Lipinski definition) is 1. The van der Waals surface area contributed by atoms with E-state index in [1.54, 1.807) is 24.9 Å². The minimum Gasteiger partial charge on any atom is -0.385 e. The van der Waals surface area contributed by atoms with E-state index in [9.17, 15) is 8.42 Å². The SMILES string of the molecule is CSCC(C)N(C)S(=O)(=O)c1ccc2c(c1)CCCN2. The van der Waals surface area contributed by atoms with Crippen LogP contribution in [0.5, 0.6) is 0 Å². The fourth-order valence-corrected chi connectivity index (χ4v) is 4.57. The predicted molar refractivity (Wildman–Crippen MR) is 86.0 cm³/mol. The molecule has 1 atom stereocenters. The number of rotatable bonds is 5. The third kappa shape index (κ3) is 3.13. The van der Waals surface area contributed by atoms with E-state index in [1.807, 2.05) is 25.3 Å². The second-order valence-corrected chi connectivity index (χ2v) is 8.08. The van der Waals surface area contributed by atoms with Crippen molar-refractivity contribution in [2.24, 2.45) is 0 Å². The zero-order chi connectivity index (χ0) is 14.8. The van der Waals surface area contributed by atoms with Gasteiger partial charge in [0.2, 0.25) is 10.0 Å². The van der Waals surface area contributed by atoms with Crippen LogP contribution in [0.25, 0.3) is 0 Å².